The minimum absolute atomic E-state index is 0.00803. The number of rotatable bonds is 5. The number of carbonyl (C=O) groups excluding carboxylic acids is 1. The van der Waals surface area contributed by atoms with Crippen LogP contribution in [0.4, 0.5) is 9.70 Å². The SMILES string of the molecule is CC.CN1CCN(c2nc(CCCO)cn(SF)c2=O)CC1=O. The summed E-state index contributed by atoms with van der Waals surface area (Å²) in [5, 5.41) is 8.85. The molecule has 1 aromatic heterocycles. The Morgan fingerprint density at radius 1 is 1.35 bits per heavy atom. The van der Waals surface area contributed by atoms with E-state index in [0.717, 1.165) is 3.97 Å². The number of aliphatic hydroxyl groups is 1. The van der Waals surface area contributed by atoms with E-state index in [4.69, 9.17) is 5.11 Å². The highest BCUT2D eigenvalue weighted by Crippen LogP contribution is 2.14. The van der Waals surface area contributed by atoms with Crippen LogP contribution in [-0.4, -0.2) is 58.2 Å². The van der Waals surface area contributed by atoms with Crippen LogP contribution in [0.2, 0.25) is 0 Å². The molecule has 0 unspecified atom stereocenters. The van der Waals surface area contributed by atoms with Crippen molar-refractivity contribution in [1.82, 2.24) is 13.9 Å². The van der Waals surface area contributed by atoms with Gasteiger partial charge < -0.3 is 14.9 Å². The second-order valence-electron chi connectivity index (χ2n) is 4.82. The first kappa shape index (κ1) is 19.4. The average molecular weight is 346 g/mol. The van der Waals surface area contributed by atoms with E-state index in [-0.39, 0.29) is 37.2 Å². The molecule has 1 aliphatic rings. The Labute approximate surface area is 139 Å². The molecular weight excluding hydrogens is 323 g/mol. The fraction of sp³-hybridized carbons (Fsp3) is 0.643. The van der Waals surface area contributed by atoms with Gasteiger partial charge in [0.1, 0.15) is 0 Å². The summed E-state index contributed by atoms with van der Waals surface area (Å²) in [6.45, 7) is 5.01. The lowest BCUT2D eigenvalue weighted by Gasteiger charge is -2.32. The molecular formula is C14H23FN4O3S. The molecule has 1 amide bonds. The molecule has 9 heteroatoms. The zero-order valence-corrected chi connectivity index (χ0v) is 14.5. The third-order valence-electron chi connectivity index (χ3n) is 3.33. The number of aliphatic hydroxyl groups excluding tert-OH is 1. The highest BCUT2D eigenvalue weighted by Gasteiger charge is 2.25. The van der Waals surface area contributed by atoms with Gasteiger partial charge >= 0.3 is 5.56 Å². The zero-order chi connectivity index (χ0) is 17.4. The van der Waals surface area contributed by atoms with Crippen molar-refractivity contribution in [2.24, 2.45) is 0 Å². The van der Waals surface area contributed by atoms with Gasteiger partial charge in [-0.1, -0.05) is 13.8 Å². The first-order valence-electron chi connectivity index (χ1n) is 7.58. The fourth-order valence-corrected chi connectivity index (χ4v) is 2.39. The van der Waals surface area contributed by atoms with Gasteiger partial charge in [-0.25, -0.2) is 8.96 Å². The first-order valence-corrected chi connectivity index (χ1v) is 8.25. The quantitative estimate of drug-likeness (QED) is 0.852. The highest BCUT2D eigenvalue weighted by molar-refractivity contribution is 7.92. The third-order valence-corrected chi connectivity index (χ3v) is 3.75. The molecule has 0 spiro atoms. The summed E-state index contributed by atoms with van der Waals surface area (Å²) < 4.78 is 13.7. The predicted octanol–water partition coefficient (Wildman–Crippen LogP) is 0.854. The minimum atomic E-state index is -0.576. The van der Waals surface area contributed by atoms with Crippen molar-refractivity contribution in [2.45, 2.75) is 26.7 Å². The van der Waals surface area contributed by atoms with Gasteiger partial charge in [-0.3, -0.25) is 9.59 Å². The Hall–Kier alpha value is -1.61. The summed E-state index contributed by atoms with van der Waals surface area (Å²) in [6, 6.07) is 0. The van der Waals surface area contributed by atoms with E-state index in [9.17, 15) is 13.5 Å². The Morgan fingerprint density at radius 3 is 2.61 bits per heavy atom. The van der Waals surface area contributed by atoms with Crippen LogP contribution in [0.15, 0.2) is 11.0 Å². The van der Waals surface area contributed by atoms with Crippen LogP contribution in [0.1, 0.15) is 26.0 Å². The van der Waals surface area contributed by atoms with Gasteiger partial charge in [0, 0.05) is 32.9 Å². The molecule has 1 fully saturated rings. The van der Waals surface area contributed by atoms with Gasteiger partial charge in [0.15, 0.2) is 18.2 Å². The molecule has 1 saturated heterocycles. The Kier molecular flexibility index (Phi) is 8.04. The van der Waals surface area contributed by atoms with Crippen molar-refractivity contribution in [1.29, 1.82) is 0 Å². The van der Waals surface area contributed by atoms with E-state index >= 15 is 0 Å². The number of piperazine rings is 1. The molecule has 0 aliphatic carbocycles. The normalized spacial score (nSPS) is 14.6. The van der Waals surface area contributed by atoms with Crippen molar-refractivity contribution in [3.05, 3.63) is 22.2 Å². The van der Waals surface area contributed by atoms with Gasteiger partial charge in [-0.05, 0) is 12.8 Å². The number of hydrogen-bond acceptors (Lipinski definition) is 6. The summed E-state index contributed by atoms with van der Waals surface area (Å²) in [7, 11) is 1.69. The average Bonchev–Trinajstić information content (AvgIpc) is 2.58. The van der Waals surface area contributed by atoms with Gasteiger partial charge in [-0.15, -0.1) is 3.89 Å². The number of amides is 1. The smallest absolute Gasteiger partial charge is 0.305 e. The van der Waals surface area contributed by atoms with Crippen molar-refractivity contribution in [2.75, 3.05) is 38.2 Å². The van der Waals surface area contributed by atoms with Gasteiger partial charge in [0.05, 0.1) is 12.2 Å². The molecule has 0 atom stereocenters. The van der Waals surface area contributed by atoms with Crippen molar-refractivity contribution in [3.63, 3.8) is 0 Å². The first-order chi connectivity index (χ1) is 11.1. The third kappa shape index (κ3) is 4.93. The molecule has 2 rings (SSSR count). The van der Waals surface area contributed by atoms with Gasteiger partial charge in [0.2, 0.25) is 5.91 Å². The molecule has 1 aliphatic heterocycles. The maximum atomic E-state index is 12.9. The van der Waals surface area contributed by atoms with Crippen LogP contribution in [0, 0.1) is 0 Å². The van der Waals surface area contributed by atoms with Crippen molar-refractivity contribution >= 4 is 24.1 Å². The number of hydrogen-bond donors (Lipinski definition) is 1. The zero-order valence-electron chi connectivity index (χ0n) is 13.7. The molecule has 1 N–H and O–H groups in total. The molecule has 0 bridgehead atoms. The molecule has 0 saturated carbocycles. The molecule has 7 nitrogen and oxygen atoms in total. The van der Waals surface area contributed by atoms with E-state index in [0.29, 0.717) is 31.6 Å². The number of nitrogens with zero attached hydrogens (tertiary/aromatic N) is 4. The molecule has 23 heavy (non-hydrogen) atoms. The monoisotopic (exact) mass is 346 g/mol. The number of anilines is 1. The maximum absolute atomic E-state index is 12.9. The lowest BCUT2D eigenvalue weighted by molar-refractivity contribution is -0.129. The van der Waals surface area contributed by atoms with Crippen molar-refractivity contribution < 1.29 is 13.8 Å². The number of aryl methyl sites for hydroxylation is 1. The Bertz CT molecular complexity index is 582. The standard InChI is InChI=1S/C12H17FN4O3S.C2H6/c1-15-4-5-16(8-10(15)19)11-12(20)17(21-13)7-9(14-11)3-2-6-18;1-2/h7,18H,2-6,8H2,1H3;1-2H3. The molecule has 130 valence electrons. The number of aromatic nitrogens is 2. The van der Waals surface area contributed by atoms with Gasteiger partial charge in [-0.2, -0.15) is 0 Å². The number of carbonyl (C=O) groups is 1. The van der Waals surface area contributed by atoms with E-state index in [1.54, 1.807) is 16.8 Å². The Morgan fingerprint density at radius 2 is 2.04 bits per heavy atom. The second-order valence-corrected chi connectivity index (χ2v) is 5.35. The maximum Gasteiger partial charge on any atom is 0.305 e. The van der Waals surface area contributed by atoms with Crippen LogP contribution in [0.3, 0.4) is 0 Å². The summed E-state index contributed by atoms with van der Waals surface area (Å²) in [4.78, 5) is 31.3. The molecule has 0 aromatic carbocycles. The van der Waals surface area contributed by atoms with Crippen LogP contribution in [0.5, 0.6) is 0 Å². The fourth-order valence-electron chi connectivity index (χ4n) is 2.08. The lowest BCUT2D eigenvalue weighted by Crippen LogP contribution is -2.50. The van der Waals surface area contributed by atoms with Crippen LogP contribution in [-0.2, 0) is 11.2 Å². The minimum Gasteiger partial charge on any atom is -0.396 e. The summed E-state index contributed by atoms with van der Waals surface area (Å²) in [5.74, 6) is -0.0281. The van der Waals surface area contributed by atoms with E-state index in [1.165, 1.54) is 6.20 Å². The lowest BCUT2D eigenvalue weighted by atomic mass is 10.2. The molecule has 0 radical (unpaired) electrons. The van der Waals surface area contributed by atoms with Gasteiger partial charge in [0.25, 0.3) is 0 Å². The van der Waals surface area contributed by atoms with E-state index in [2.05, 4.69) is 4.98 Å². The van der Waals surface area contributed by atoms with Crippen LogP contribution in [0.25, 0.3) is 0 Å². The molecule has 2 heterocycles. The number of likely N-dealkylation sites (N-methyl/N-ethyl adjacent to an activating group) is 1. The topological polar surface area (TPSA) is 78.7 Å². The second kappa shape index (κ2) is 9.51. The number of halogens is 1. The summed E-state index contributed by atoms with van der Waals surface area (Å²) in [5.41, 5.74) is -0.0669. The van der Waals surface area contributed by atoms with Crippen molar-refractivity contribution in [3.8, 4) is 0 Å². The highest BCUT2D eigenvalue weighted by atomic mass is 32.2. The van der Waals surface area contributed by atoms with E-state index in [1.807, 2.05) is 13.8 Å². The van der Waals surface area contributed by atoms with E-state index < -0.39 is 5.56 Å². The van der Waals surface area contributed by atoms with Crippen LogP contribution >= 0.6 is 12.3 Å². The molecule has 1 aromatic rings. The summed E-state index contributed by atoms with van der Waals surface area (Å²) >= 11 is -0.198. The van der Waals surface area contributed by atoms with Crippen LogP contribution < -0.4 is 10.5 Å². The summed E-state index contributed by atoms with van der Waals surface area (Å²) in [6.07, 6.45) is 2.24. The predicted molar refractivity (Wildman–Crippen MR) is 89.2 cm³/mol. The largest absolute Gasteiger partial charge is 0.396 e. The Balaban J connectivity index is 0.00000127.